The quantitative estimate of drug-likeness (QED) is 0.763. The fourth-order valence-electron chi connectivity index (χ4n) is 2.17. The van der Waals surface area contributed by atoms with Crippen LogP contribution in [-0.2, 0) is 6.54 Å². The van der Waals surface area contributed by atoms with E-state index in [1.165, 1.54) is 0 Å². The van der Waals surface area contributed by atoms with Crippen molar-refractivity contribution in [2.45, 2.75) is 19.9 Å². The van der Waals surface area contributed by atoms with Crippen molar-refractivity contribution in [1.82, 2.24) is 30.1 Å². The molecule has 1 aromatic heterocycles. The molecule has 1 N–H and O–H groups in total. The summed E-state index contributed by atoms with van der Waals surface area (Å²) in [7, 11) is 0. The van der Waals surface area contributed by atoms with Gasteiger partial charge in [0.2, 0.25) is 0 Å². The Balaban J connectivity index is 1.59. The van der Waals surface area contributed by atoms with E-state index in [2.05, 4.69) is 27.5 Å². The molecule has 0 radical (unpaired) electrons. The molecule has 1 fully saturated rings. The molecular weight excluding hydrogens is 244 g/mol. The van der Waals surface area contributed by atoms with Gasteiger partial charge in [-0.1, -0.05) is 12.1 Å². The summed E-state index contributed by atoms with van der Waals surface area (Å²) in [4.78, 5) is 16.2. The highest BCUT2D eigenvalue weighted by Gasteiger charge is 2.19. The maximum Gasteiger partial charge on any atom is 0.317 e. The van der Waals surface area contributed by atoms with Crippen molar-refractivity contribution in [2.24, 2.45) is 0 Å². The largest absolute Gasteiger partial charge is 0.338 e. The fourth-order valence-corrected chi connectivity index (χ4v) is 2.17. The van der Waals surface area contributed by atoms with Gasteiger partial charge in [-0.3, -0.25) is 4.68 Å². The standard InChI is InChI=1S/C12H22N6O/c1-2-16-8-10-17(11-9-16)12(19)13-4-3-6-18-7-5-14-15-18/h5,7H,2-4,6,8-11H2,1H3,(H,13,19). The van der Waals surface area contributed by atoms with Crippen LogP contribution in [-0.4, -0.2) is 70.1 Å². The molecule has 1 aromatic rings. The van der Waals surface area contributed by atoms with Crippen molar-refractivity contribution in [2.75, 3.05) is 39.3 Å². The molecule has 2 amide bonds. The maximum atomic E-state index is 11.9. The Morgan fingerprint density at radius 2 is 2.11 bits per heavy atom. The zero-order valence-corrected chi connectivity index (χ0v) is 11.5. The Morgan fingerprint density at radius 3 is 2.74 bits per heavy atom. The van der Waals surface area contributed by atoms with Crippen LogP contribution in [0.1, 0.15) is 13.3 Å². The number of carbonyl (C=O) groups is 1. The van der Waals surface area contributed by atoms with E-state index < -0.39 is 0 Å². The third-order valence-electron chi connectivity index (χ3n) is 3.42. The Hall–Kier alpha value is -1.63. The Labute approximate surface area is 113 Å². The highest BCUT2D eigenvalue weighted by Crippen LogP contribution is 2.01. The van der Waals surface area contributed by atoms with Crippen molar-refractivity contribution in [3.05, 3.63) is 12.4 Å². The number of urea groups is 1. The van der Waals surface area contributed by atoms with Gasteiger partial charge in [-0.05, 0) is 13.0 Å². The highest BCUT2D eigenvalue weighted by atomic mass is 16.2. The minimum Gasteiger partial charge on any atom is -0.338 e. The molecular formula is C12H22N6O. The predicted octanol–water partition coefficient (Wildman–Crippen LogP) is 0.0153. The van der Waals surface area contributed by atoms with Gasteiger partial charge in [0.25, 0.3) is 0 Å². The van der Waals surface area contributed by atoms with E-state index >= 15 is 0 Å². The second-order valence-corrected chi connectivity index (χ2v) is 4.67. The van der Waals surface area contributed by atoms with Crippen LogP contribution in [0, 0.1) is 0 Å². The number of nitrogens with zero attached hydrogens (tertiary/aromatic N) is 5. The van der Waals surface area contributed by atoms with E-state index in [0.29, 0.717) is 6.54 Å². The zero-order valence-electron chi connectivity index (χ0n) is 11.5. The number of piperazine rings is 1. The summed E-state index contributed by atoms with van der Waals surface area (Å²) in [5.74, 6) is 0. The van der Waals surface area contributed by atoms with Gasteiger partial charge in [-0.2, -0.15) is 0 Å². The van der Waals surface area contributed by atoms with E-state index in [9.17, 15) is 4.79 Å². The molecule has 1 aliphatic rings. The van der Waals surface area contributed by atoms with E-state index in [4.69, 9.17) is 0 Å². The van der Waals surface area contributed by atoms with Gasteiger partial charge in [-0.25, -0.2) is 4.79 Å². The average molecular weight is 266 g/mol. The van der Waals surface area contributed by atoms with Gasteiger partial charge >= 0.3 is 6.03 Å². The molecule has 7 nitrogen and oxygen atoms in total. The lowest BCUT2D eigenvalue weighted by Gasteiger charge is -2.34. The topological polar surface area (TPSA) is 66.3 Å². The summed E-state index contributed by atoms with van der Waals surface area (Å²) in [6.07, 6.45) is 4.35. The molecule has 2 heterocycles. The van der Waals surface area contributed by atoms with Crippen LogP contribution in [0.4, 0.5) is 4.79 Å². The average Bonchev–Trinajstić information content (AvgIpc) is 2.96. The number of nitrogens with one attached hydrogen (secondary N) is 1. The van der Waals surface area contributed by atoms with Crippen molar-refractivity contribution < 1.29 is 4.79 Å². The Morgan fingerprint density at radius 1 is 1.32 bits per heavy atom. The van der Waals surface area contributed by atoms with Crippen LogP contribution in [0.5, 0.6) is 0 Å². The molecule has 2 rings (SSSR count). The zero-order chi connectivity index (χ0) is 13.5. The lowest BCUT2D eigenvalue weighted by molar-refractivity contribution is 0.143. The van der Waals surface area contributed by atoms with Crippen LogP contribution in [0.2, 0.25) is 0 Å². The van der Waals surface area contributed by atoms with Gasteiger partial charge in [0.1, 0.15) is 0 Å². The van der Waals surface area contributed by atoms with Crippen molar-refractivity contribution in [3.63, 3.8) is 0 Å². The molecule has 19 heavy (non-hydrogen) atoms. The third kappa shape index (κ3) is 4.20. The lowest BCUT2D eigenvalue weighted by atomic mass is 10.3. The number of aromatic nitrogens is 3. The SMILES string of the molecule is CCN1CCN(C(=O)NCCCn2ccnn2)CC1. The summed E-state index contributed by atoms with van der Waals surface area (Å²) < 4.78 is 1.77. The molecule has 106 valence electrons. The molecule has 0 atom stereocenters. The summed E-state index contributed by atoms with van der Waals surface area (Å²) >= 11 is 0. The number of amides is 2. The van der Waals surface area contributed by atoms with Crippen LogP contribution >= 0.6 is 0 Å². The number of hydrogen-bond donors (Lipinski definition) is 1. The number of aryl methyl sites for hydroxylation is 1. The van der Waals surface area contributed by atoms with Crippen LogP contribution < -0.4 is 5.32 Å². The van der Waals surface area contributed by atoms with Crippen LogP contribution in [0.15, 0.2) is 12.4 Å². The first kappa shape index (κ1) is 13.8. The molecule has 0 spiro atoms. The molecule has 0 bridgehead atoms. The highest BCUT2D eigenvalue weighted by molar-refractivity contribution is 5.74. The van der Waals surface area contributed by atoms with Crippen molar-refractivity contribution in [1.29, 1.82) is 0 Å². The number of likely N-dealkylation sites (N-methyl/N-ethyl adjacent to an activating group) is 1. The number of rotatable bonds is 5. The first-order valence-corrected chi connectivity index (χ1v) is 6.89. The number of carbonyl (C=O) groups excluding carboxylic acids is 1. The van der Waals surface area contributed by atoms with Crippen molar-refractivity contribution in [3.8, 4) is 0 Å². The fraction of sp³-hybridized carbons (Fsp3) is 0.750. The Kier molecular flexibility index (Phi) is 5.14. The second kappa shape index (κ2) is 7.08. The monoisotopic (exact) mass is 266 g/mol. The number of hydrogen-bond acceptors (Lipinski definition) is 4. The van der Waals surface area contributed by atoms with E-state index in [1.807, 2.05) is 11.1 Å². The smallest absolute Gasteiger partial charge is 0.317 e. The minimum absolute atomic E-state index is 0.0503. The Bertz CT molecular complexity index is 372. The normalized spacial score (nSPS) is 16.6. The van der Waals surface area contributed by atoms with Crippen molar-refractivity contribution >= 4 is 6.03 Å². The molecule has 1 saturated heterocycles. The lowest BCUT2D eigenvalue weighted by Crippen LogP contribution is -2.51. The van der Waals surface area contributed by atoms with Crippen LogP contribution in [0.3, 0.4) is 0 Å². The molecule has 1 aliphatic heterocycles. The predicted molar refractivity (Wildman–Crippen MR) is 71.7 cm³/mol. The van der Waals surface area contributed by atoms with Gasteiger partial charge in [0.15, 0.2) is 0 Å². The van der Waals surface area contributed by atoms with Gasteiger partial charge < -0.3 is 15.1 Å². The summed E-state index contributed by atoms with van der Waals surface area (Å²) in [5, 5.41) is 10.6. The van der Waals surface area contributed by atoms with E-state index in [0.717, 1.165) is 45.7 Å². The summed E-state index contributed by atoms with van der Waals surface area (Å²) in [6, 6.07) is 0.0503. The summed E-state index contributed by atoms with van der Waals surface area (Å²) in [6.45, 7) is 8.26. The van der Waals surface area contributed by atoms with Gasteiger partial charge in [-0.15, -0.1) is 5.10 Å². The first-order valence-electron chi connectivity index (χ1n) is 6.89. The second-order valence-electron chi connectivity index (χ2n) is 4.67. The van der Waals surface area contributed by atoms with Gasteiger partial charge in [0.05, 0.1) is 6.20 Å². The van der Waals surface area contributed by atoms with Gasteiger partial charge in [0, 0.05) is 45.5 Å². The van der Waals surface area contributed by atoms with E-state index in [-0.39, 0.29) is 6.03 Å². The molecule has 0 aliphatic carbocycles. The van der Waals surface area contributed by atoms with E-state index in [1.54, 1.807) is 10.9 Å². The minimum atomic E-state index is 0.0503. The third-order valence-corrected chi connectivity index (χ3v) is 3.42. The molecule has 0 unspecified atom stereocenters. The molecule has 0 saturated carbocycles. The molecule has 0 aromatic carbocycles. The first-order chi connectivity index (χ1) is 9.29. The maximum absolute atomic E-state index is 11.9. The van der Waals surface area contributed by atoms with Crippen LogP contribution in [0.25, 0.3) is 0 Å². The summed E-state index contributed by atoms with van der Waals surface area (Å²) in [5.41, 5.74) is 0. The molecule has 7 heteroatoms.